The van der Waals surface area contributed by atoms with Crippen LogP contribution in [0.4, 0.5) is 10.2 Å². The van der Waals surface area contributed by atoms with Crippen molar-refractivity contribution in [3.05, 3.63) is 34.1 Å². The van der Waals surface area contributed by atoms with Crippen LogP contribution in [0.25, 0.3) is 0 Å². The lowest BCUT2D eigenvalue weighted by Gasteiger charge is -2.15. The number of ether oxygens (including phenoxy) is 1. The molecule has 0 fully saturated rings. The summed E-state index contributed by atoms with van der Waals surface area (Å²) in [7, 11) is 0. The second kappa shape index (κ2) is 4.78. The summed E-state index contributed by atoms with van der Waals surface area (Å²) in [4.78, 5) is 26.1. The van der Waals surface area contributed by atoms with E-state index in [1.165, 1.54) is 0 Å². The fraction of sp³-hybridized carbons (Fsp3) is 0.300. The number of amides is 1. The van der Waals surface area contributed by atoms with E-state index in [1.807, 2.05) is 0 Å². The van der Waals surface area contributed by atoms with E-state index in [4.69, 9.17) is 21.3 Å². The molecular formula is C10H11FN4O4. The largest absolute Gasteiger partial charge is 0.393 e. The Balaban J connectivity index is 2.45. The zero-order chi connectivity index (χ0) is 14.2. The molecule has 0 saturated heterocycles. The average Bonchev–Trinajstić information content (AvgIpc) is 2.69. The van der Waals surface area contributed by atoms with Crippen molar-refractivity contribution in [2.45, 2.75) is 12.3 Å². The minimum atomic E-state index is -1.15. The molecule has 102 valence electrons. The summed E-state index contributed by atoms with van der Waals surface area (Å²) in [6, 6.07) is 0. The fourth-order valence-corrected chi connectivity index (χ4v) is 1.65. The van der Waals surface area contributed by atoms with E-state index in [-0.39, 0.29) is 11.4 Å². The van der Waals surface area contributed by atoms with Crippen molar-refractivity contribution in [1.29, 1.82) is 0 Å². The average molecular weight is 270 g/mol. The topological polar surface area (TPSA) is 133 Å². The number of anilines is 1. The summed E-state index contributed by atoms with van der Waals surface area (Å²) in [5, 5.41) is 8.85. The van der Waals surface area contributed by atoms with E-state index in [0.29, 0.717) is 0 Å². The number of hydrogen-bond acceptors (Lipinski definition) is 6. The van der Waals surface area contributed by atoms with E-state index in [1.54, 1.807) is 0 Å². The molecule has 8 nitrogen and oxygen atoms in total. The highest BCUT2D eigenvalue weighted by molar-refractivity contribution is 5.96. The number of aromatic nitrogens is 2. The van der Waals surface area contributed by atoms with E-state index >= 15 is 0 Å². The molecule has 2 heterocycles. The molecular weight excluding hydrogens is 259 g/mol. The fourth-order valence-electron chi connectivity index (χ4n) is 1.65. The lowest BCUT2D eigenvalue weighted by Crippen LogP contribution is -2.31. The molecule has 0 spiro atoms. The van der Waals surface area contributed by atoms with Gasteiger partial charge in [-0.2, -0.15) is 4.98 Å². The van der Waals surface area contributed by atoms with Gasteiger partial charge in [-0.1, -0.05) is 0 Å². The molecule has 1 aliphatic rings. The number of primary amides is 1. The van der Waals surface area contributed by atoms with Gasteiger partial charge in [0.15, 0.2) is 6.23 Å². The number of aliphatic hydroxyl groups excluding tert-OH is 1. The maximum Gasteiger partial charge on any atom is 0.351 e. The van der Waals surface area contributed by atoms with Crippen LogP contribution in [0.1, 0.15) is 16.6 Å². The summed E-state index contributed by atoms with van der Waals surface area (Å²) in [6.07, 6.45) is -0.228. The van der Waals surface area contributed by atoms with Crippen LogP contribution in [-0.4, -0.2) is 33.3 Å². The standard InChI is InChI=1S/C10H11FN4O4/c11-5-1-7(19-6(5)3-16)15-2-4(9(13)17)8(12)14-10(15)18/h1-2,6-7,16H,3H2,(H2,13,17)(H2,12,14,18)/t6-,7-/m1/s1. The summed E-state index contributed by atoms with van der Waals surface area (Å²) < 4.78 is 19.3. The van der Waals surface area contributed by atoms with Crippen molar-refractivity contribution < 1.29 is 19.0 Å². The first-order valence-corrected chi connectivity index (χ1v) is 5.26. The molecule has 1 amide bonds. The van der Waals surface area contributed by atoms with E-state index < -0.39 is 36.4 Å². The number of aliphatic hydroxyl groups is 1. The summed E-state index contributed by atoms with van der Waals surface area (Å²) in [5.74, 6) is -1.90. The van der Waals surface area contributed by atoms with E-state index in [9.17, 15) is 14.0 Å². The van der Waals surface area contributed by atoms with Crippen molar-refractivity contribution in [2.24, 2.45) is 5.73 Å². The maximum atomic E-state index is 13.3. The molecule has 0 unspecified atom stereocenters. The predicted octanol–water partition coefficient (Wildman–Crippen LogP) is -1.33. The molecule has 2 rings (SSSR count). The SMILES string of the molecule is NC(=O)c1cn([C@H]2C=C(F)[C@@H](CO)O2)c(=O)nc1N. The lowest BCUT2D eigenvalue weighted by molar-refractivity contribution is -0.0198. The number of nitrogen functional groups attached to an aromatic ring is 1. The van der Waals surface area contributed by atoms with Gasteiger partial charge in [0.25, 0.3) is 5.91 Å². The van der Waals surface area contributed by atoms with Crippen LogP contribution in [0.5, 0.6) is 0 Å². The second-order valence-electron chi connectivity index (χ2n) is 3.84. The Labute approximate surface area is 106 Å². The molecule has 19 heavy (non-hydrogen) atoms. The van der Waals surface area contributed by atoms with Gasteiger partial charge >= 0.3 is 5.69 Å². The number of rotatable bonds is 3. The van der Waals surface area contributed by atoms with Gasteiger partial charge < -0.3 is 21.3 Å². The maximum absolute atomic E-state index is 13.3. The van der Waals surface area contributed by atoms with E-state index in [2.05, 4.69) is 4.98 Å². The van der Waals surface area contributed by atoms with Crippen molar-refractivity contribution >= 4 is 11.7 Å². The summed E-state index contributed by atoms with van der Waals surface area (Å²) in [6.45, 7) is -0.571. The Morgan fingerprint density at radius 2 is 2.32 bits per heavy atom. The number of carbonyl (C=O) groups excluding carboxylic acids is 1. The van der Waals surface area contributed by atoms with Gasteiger partial charge in [0.05, 0.1) is 12.2 Å². The Morgan fingerprint density at radius 3 is 2.84 bits per heavy atom. The third-order valence-corrected chi connectivity index (χ3v) is 2.60. The van der Waals surface area contributed by atoms with Crippen LogP contribution in [-0.2, 0) is 4.74 Å². The molecule has 0 bridgehead atoms. The quantitative estimate of drug-likeness (QED) is 0.623. The summed E-state index contributed by atoms with van der Waals surface area (Å²) >= 11 is 0. The zero-order valence-corrected chi connectivity index (χ0v) is 9.62. The van der Waals surface area contributed by atoms with Crippen LogP contribution in [0.15, 0.2) is 22.9 Å². The number of carbonyl (C=O) groups is 1. The summed E-state index contributed by atoms with van der Waals surface area (Å²) in [5.41, 5.74) is 9.44. The van der Waals surface area contributed by atoms with Crippen LogP contribution in [0.3, 0.4) is 0 Å². The molecule has 2 atom stereocenters. The van der Waals surface area contributed by atoms with Gasteiger partial charge in [-0.3, -0.25) is 9.36 Å². The molecule has 9 heteroatoms. The normalized spacial score (nSPS) is 22.3. The lowest BCUT2D eigenvalue weighted by atomic mass is 10.3. The van der Waals surface area contributed by atoms with Crippen LogP contribution in [0.2, 0.25) is 0 Å². The minimum absolute atomic E-state index is 0.176. The zero-order valence-electron chi connectivity index (χ0n) is 9.62. The molecule has 0 aromatic carbocycles. The molecule has 0 radical (unpaired) electrons. The second-order valence-corrected chi connectivity index (χ2v) is 3.84. The first kappa shape index (κ1) is 13.2. The minimum Gasteiger partial charge on any atom is -0.393 e. The Morgan fingerprint density at radius 1 is 1.63 bits per heavy atom. The van der Waals surface area contributed by atoms with Crippen LogP contribution >= 0.6 is 0 Å². The number of nitrogens with two attached hydrogens (primary N) is 2. The number of halogens is 1. The third kappa shape index (κ3) is 2.33. The van der Waals surface area contributed by atoms with Gasteiger partial charge in [-0.25, -0.2) is 9.18 Å². The Bertz CT molecular complexity index is 612. The molecule has 5 N–H and O–H groups in total. The molecule has 1 aromatic rings. The third-order valence-electron chi connectivity index (χ3n) is 2.60. The highest BCUT2D eigenvalue weighted by Crippen LogP contribution is 2.27. The highest BCUT2D eigenvalue weighted by atomic mass is 19.1. The predicted molar refractivity (Wildman–Crippen MR) is 61.6 cm³/mol. The van der Waals surface area contributed by atoms with Crippen molar-refractivity contribution in [3.63, 3.8) is 0 Å². The highest BCUT2D eigenvalue weighted by Gasteiger charge is 2.29. The molecule has 0 aliphatic carbocycles. The van der Waals surface area contributed by atoms with Crippen molar-refractivity contribution in [3.8, 4) is 0 Å². The van der Waals surface area contributed by atoms with Gasteiger partial charge in [0.2, 0.25) is 0 Å². The van der Waals surface area contributed by atoms with Gasteiger partial charge in [-0.05, 0) is 6.08 Å². The van der Waals surface area contributed by atoms with E-state index in [0.717, 1.165) is 16.8 Å². The number of nitrogens with zero attached hydrogens (tertiary/aromatic N) is 2. The smallest absolute Gasteiger partial charge is 0.351 e. The molecule has 1 aliphatic heterocycles. The van der Waals surface area contributed by atoms with Crippen molar-refractivity contribution in [2.75, 3.05) is 12.3 Å². The first-order valence-electron chi connectivity index (χ1n) is 5.26. The Kier molecular flexibility index (Phi) is 3.32. The van der Waals surface area contributed by atoms with Gasteiger partial charge in [-0.15, -0.1) is 0 Å². The van der Waals surface area contributed by atoms with Crippen LogP contribution < -0.4 is 17.2 Å². The van der Waals surface area contributed by atoms with Crippen molar-refractivity contribution in [1.82, 2.24) is 9.55 Å². The number of hydrogen-bond donors (Lipinski definition) is 3. The first-order chi connectivity index (χ1) is 8.93. The van der Waals surface area contributed by atoms with Gasteiger partial charge in [0.1, 0.15) is 17.7 Å². The van der Waals surface area contributed by atoms with Gasteiger partial charge in [0, 0.05) is 6.20 Å². The molecule has 0 saturated carbocycles. The monoisotopic (exact) mass is 270 g/mol. The van der Waals surface area contributed by atoms with Crippen LogP contribution in [0, 0.1) is 0 Å². The molecule has 1 aromatic heterocycles. The Hall–Kier alpha value is -2.26.